The lowest BCUT2D eigenvalue weighted by Gasteiger charge is -2.12. The molecule has 1 heterocycles. The van der Waals surface area contributed by atoms with Gasteiger partial charge in [0.2, 0.25) is 0 Å². The molecule has 0 aliphatic rings. The van der Waals surface area contributed by atoms with Gasteiger partial charge in [0.1, 0.15) is 5.82 Å². The first-order valence-corrected chi connectivity index (χ1v) is 5.61. The zero-order valence-electron chi connectivity index (χ0n) is 8.81. The van der Waals surface area contributed by atoms with Crippen molar-refractivity contribution in [1.29, 1.82) is 0 Å². The van der Waals surface area contributed by atoms with Crippen LogP contribution < -0.4 is 5.73 Å². The van der Waals surface area contributed by atoms with Gasteiger partial charge < -0.3 is 5.73 Å². The molecule has 0 amide bonds. The zero-order valence-corrected chi connectivity index (χ0v) is 10.4. The summed E-state index contributed by atoms with van der Waals surface area (Å²) in [5.74, 6) is -0.213. The molecule has 2 aromatic rings. The van der Waals surface area contributed by atoms with E-state index in [0.717, 1.165) is 16.0 Å². The molecule has 0 saturated heterocycles. The van der Waals surface area contributed by atoms with Crippen molar-refractivity contribution in [2.45, 2.75) is 13.0 Å². The molecule has 86 valence electrons. The van der Waals surface area contributed by atoms with Gasteiger partial charge in [-0.15, -0.1) is 23.7 Å². The summed E-state index contributed by atoms with van der Waals surface area (Å²) in [6.07, 6.45) is 0. The summed E-state index contributed by atoms with van der Waals surface area (Å²) in [6.45, 7) is 1.88. The second-order valence-electron chi connectivity index (χ2n) is 3.49. The largest absolute Gasteiger partial charge is 0.320 e. The molecule has 1 nitrogen and oxygen atoms in total. The Morgan fingerprint density at radius 3 is 2.62 bits per heavy atom. The normalized spacial score (nSPS) is 11.9. The summed E-state index contributed by atoms with van der Waals surface area (Å²) in [5, 5.41) is 1.99. The van der Waals surface area contributed by atoms with Crippen LogP contribution >= 0.6 is 23.7 Å². The second-order valence-corrected chi connectivity index (χ2v) is 4.47. The molecule has 1 atom stereocenters. The molecule has 0 fully saturated rings. The fraction of sp³-hybridized carbons (Fsp3) is 0.167. The molecule has 0 aliphatic heterocycles. The minimum Gasteiger partial charge on any atom is -0.320 e. The summed E-state index contributed by atoms with van der Waals surface area (Å²) >= 11 is 1.62. The van der Waals surface area contributed by atoms with Gasteiger partial charge in [0.05, 0.1) is 6.04 Å². The van der Waals surface area contributed by atoms with Gasteiger partial charge in [-0.25, -0.2) is 4.39 Å². The van der Waals surface area contributed by atoms with Gasteiger partial charge in [-0.2, -0.15) is 0 Å². The van der Waals surface area contributed by atoms with Crippen LogP contribution in [0.5, 0.6) is 0 Å². The van der Waals surface area contributed by atoms with E-state index in [4.69, 9.17) is 5.73 Å². The van der Waals surface area contributed by atoms with Crippen LogP contribution in [0.1, 0.15) is 22.0 Å². The maximum atomic E-state index is 12.9. The molecule has 1 aromatic heterocycles. The fourth-order valence-electron chi connectivity index (χ4n) is 1.61. The van der Waals surface area contributed by atoms with E-state index in [1.165, 1.54) is 12.1 Å². The van der Waals surface area contributed by atoms with Gasteiger partial charge >= 0.3 is 0 Å². The Labute approximate surface area is 105 Å². The van der Waals surface area contributed by atoms with Crippen molar-refractivity contribution < 1.29 is 4.39 Å². The summed E-state index contributed by atoms with van der Waals surface area (Å²) in [6, 6.07) is 8.55. The van der Waals surface area contributed by atoms with Crippen molar-refractivity contribution in [2.24, 2.45) is 5.73 Å². The fourth-order valence-corrected chi connectivity index (χ4v) is 2.35. The maximum Gasteiger partial charge on any atom is 0.123 e. The predicted molar refractivity (Wildman–Crippen MR) is 68.7 cm³/mol. The highest BCUT2D eigenvalue weighted by Crippen LogP contribution is 2.26. The molecular weight excluding hydrogens is 245 g/mol. The Morgan fingerprint density at radius 1 is 1.31 bits per heavy atom. The molecule has 0 bridgehead atoms. The van der Waals surface area contributed by atoms with Crippen molar-refractivity contribution in [3.05, 3.63) is 57.5 Å². The first kappa shape index (κ1) is 13.2. The van der Waals surface area contributed by atoms with Crippen LogP contribution in [-0.2, 0) is 0 Å². The van der Waals surface area contributed by atoms with Gasteiger partial charge in [-0.1, -0.05) is 12.1 Å². The molecule has 2 N–H and O–H groups in total. The van der Waals surface area contributed by atoms with E-state index in [1.807, 2.05) is 24.4 Å². The van der Waals surface area contributed by atoms with E-state index in [-0.39, 0.29) is 24.3 Å². The molecule has 2 rings (SSSR count). The highest BCUT2D eigenvalue weighted by molar-refractivity contribution is 7.10. The number of thiophene rings is 1. The lowest BCUT2D eigenvalue weighted by molar-refractivity contribution is 0.625. The van der Waals surface area contributed by atoms with Crippen molar-refractivity contribution in [2.75, 3.05) is 0 Å². The third-order valence-electron chi connectivity index (χ3n) is 2.42. The number of hydrogen-bond acceptors (Lipinski definition) is 2. The molecule has 0 saturated carbocycles. The van der Waals surface area contributed by atoms with Gasteiger partial charge in [0.15, 0.2) is 0 Å². The topological polar surface area (TPSA) is 26.0 Å². The van der Waals surface area contributed by atoms with Gasteiger partial charge in [-0.05, 0) is 41.6 Å². The van der Waals surface area contributed by atoms with Crippen LogP contribution in [0.3, 0.4) is 0 Å². The Bertz CT molecular complexity index is 456. The Hall–Kier alpha value is -0.900. The van der Waals surface area contributed by atoms with Crippen molar-refractivity contribution in [3.63, 3.8) is 0 Å². The monoisotopic (exact) mass is 257 g/mol. The predicted octanol–water partition coefficient (Wildman–Crippen LogP) is 3.67. The first-order valence-electron chi connectivity index (χ1n) is 4.73. The van der Waals surface area contributed by atoms with E-state index in [1.54, 1.807) is 17.4 Å². The number of halogens is 2. The van der Waals surface area contributed by atoms with Crippen LogP contribution in [0, 0.1) is 12.7 Å². The quantitative estimate of drug-likeness (QED) is 0.873. The number of hydrogen-bond donors (Lipinski definition) is 1. The summed E-state index contributed by atoms with van der Waals surface area (Å²) < 4.78 is 12.9. The van der Waals surface area contributed by atoms with Crippen LogP contribution in [0.25, 0.3) is 0 Å². The van der Waals surface area contributed by atoms with Crippen molar-refractivity contribution in [3.8, 4) is 0 Å². The third kappa shape index (κ3) is 2.61. The molecule has 0 aliphatic carbocycles. The summed E-state index contributed by atoms with van der Waals surface area (Å²) in [4.78, 5) is 1.10. The molecule has 0 spiro atoms. The van der Waals surface area contributed by atoms with E-state index in [2.05, 4.69) is 0 Å². The molecule has 0 radical (unpaired) electrons. The smallest absolute Gasteiger partial charge is 0.123 e. The van der Waals surface area contributed by atoms with E-state index in [0.29, 0.717) is 0 Å². The van der Waals surface area contributed by atoms with Crippen molar-refractivity contribution in [1.82, 2.24) is 0 Å². The van der Waals surface area contributed by atoms with E-state index >= 15 is 0 Å². The Balaban J connectivity index is 0.00000128. The SMILES string of the molecule is Cc1cc(F)ccc1[C@H](N)c1cccs1.Cl. The third-order valence-corrected chi connectivity index (χ3v) is 3.37. The lowest BCUT2D eigenvalue weighted by Crippen LogP contribution is -2.11. The number of nitrogens with two attached hydrogens (primary N) is 1. The van der Waals surface area contributed by atoms with Crippen LogP contribution in [0.4, 0.5) is 4.39 Å². The van der Waals surface area contributed by atoms with Gasteiger partial charge in [0.25, 0.3) is 0 Å². The van der Waals surface area contributed by atoms with Gasteiger partial charge in [-0.3, -0.25) is 0 Å². The van der Waals surface area contributed by atoms with Crippen molar-refractivity contribution >= 4 is 23.7 Å². The number of rotatable bonds is 2. The standard InChI is InChI=1S/C12H12FNS.ClH/c1-8-7-9(13)4-5-10(8)12(14)11-3-2-6-15-11;/h2-7,12H,14H2,1H3;1H/t12-;/m0./s1. The average Bonchev–Trinajstić information content (AvgIpc) is 2.69. The highest BCUT2D eigenvalue weighted by atomic mass is 35.5. The number of aryl methyl sites for hydroxylation is 1. The molecular formula is C12H13ClFNS. The van der Waals surface area contributed by atoms with Gasteiger partial charge in [0, 0.05) is 4.88 Å². The lowest BCUT2D eigenvalue weighted by atomic mass is 10.0. The Morgan fingerprint density at radius 2 is 2.06 bits per heavy atom. The summed E-state index contributed by atoms with van der Waals surface area (Å²) in [5.41, 5.74) is 7.98. The average molecular weight is 258 g/mol. The van der Waals surface area contributed by atoms with Crippen LogP contribution in [0.2, 0.25) is 0 Å². The zero-order chi connectivity index (χ0) is 10.8. The maximum absolute atomic E-state index is 12.9. The minimum atomic E-state index is -0.213. The first-order chi connectivity index (χ1) is 7.18. The molecule has 4 heteroatoms. The van der Waals surface area contributed by atoms with Crippen LogP contribution in [0.15, 0.2) is 35.7 Å². The Kier molecular flexibility index (Phi) is 4.47. The summed E-state index contributed by atoms with van der Waals surface area (Å²) in [7, 11) is 0. The van der Waals surface area contributed by atoms with E-state index in [9.17, 15) is 4.39 Å². The highest BCUT2D eigenvalue weighted by Gasteiger charge is 2.12. The molecule has 1 aromatic carbocycles. The molecule has 0 unspecified atom stereocenters. The second kappa shape index (κ2) is 5.43. The van der Waals surface area contributed by atoms with Crippen LogP contribution in [-0.4, -0.2) is 0 Å². The number of benzene rings is 1. The molecule has 16 heavy (non-hydrogen) atoms. The van der Waals surface area contributed by atoms with E-state index < -0.39 is 0 Å². The minimum absolute atomic E-state index is 0.